The van der Waals surface area contributed by atoms with E-state index in [-0.39, 0.29) is 5.92 Å². The summed E-state index contributed by atoms with van der Waals surface area (Å²) >= 11 is 0. The summed E-state index contributed by atoms with van der Waals surface area (Å²) in [5, 5.41) is 22.1. The molecule has 2 aromatic rings. The average molecular weight is 379 g/mol. The van der Waals surface area contributed by atoms with Crippen LogP contribution in [0.1, 0.15) is 66.5 Å². The molecule has 0 aliphatic heterocycles. The van der Waals surface area contributed by atoms with Crippen molar-refractivity contribution in [1.82, 2.24) is 0 Å². The Balaban J connectivity index is 2.30. The zero-order valence-electron chi connectivity index (χ0n) is 18.3. The Morgan fingerprint density at radius 3 is 1.68 bits per heavy atom. The monoisotopic (exact) mass is 378 g/mol. The van der Waals surface area contributed by atoms with Gasteiger partial charge >= 0.3 is 0 Å². The second-order valence-electron chi connectivity index (χ2n) is 9.15. The normalized spacial score (nSPS) is 22.4. The topological polar surface area (TPSA) is 40.5 Å². The molecule has 2 N–H and O–H groups in total. The lowest BCUT2D eigenvalue weighted by molar-refractivity contribution is 0.238. The van der Waals surface area contributed by atoms with E-state index in [1.165, 1.54) is 5.57 Å². The summed E-state index contributed by atoms with van der Waals surface area (Å²) in [5.41, 5.74) is 7.38. The van der Waals surface area contributed by atoms with Gasteiger partial charge in [0, 0.05) is 17.0 Å². The van der Waals surface area contributed by atoms with Gasteiger partial charge in [-0.1, -0.05) is 60.9 Å². The van der Waals surface area contributed by atoms with Crippen LogP contribution in [0, 0.1) is 45.4 Å². The molecule has 150 valence electrons. The molecule has 0 fully saturated rings. The zero-order valence-corrected chi connectivity index (χ0v) is 18.3. The molecule has 3 atom stereocenters. The first-order valence-corrected chi connectivity index (χ1v) is 10.4. The maximum Gasteiger partial charge on any atom is 0.122 e. The molecule has 1 aliphatic rings. The molecular formula is C26H34O2. The van der Waals surface area contributed by atoms with Crippen molar-refractivity contribution in [2.24, 2.45) is 17.8 Å². The number of hydrogen-bond donors (Lipinski definition) is 2. The number of hydrogen-bond acceptors (Lipinski definition) is 2. The summed E-state index contributed by atoms with van der Waals surface area (Å²) in [6.07, 6.45) is 3.43. The van der Waals surface area contributed by atoms with E-state index >= 15 is 0 Å². The fourth-order valence-corrected chi connectivity index (χ4v) is 5.46. The van der Waals surface area contributed by atoms with Crippen LogP contribution >= 0.6 is 0 Å². The molecule has 0 aromatic heterocycles. The molecular weight excluding hydrogens is 344 g/mol. The van der Waals surface area contributed by atoms with Crippen LogP contribution in [0.3, 0.4) is 0 Å². The molecule has 0 amide bonds. The van der Waals surface area contributed by atoms with E-state index in [0.29, 0.717) is 29.3 Å². The first-order chi connectivity index (χ1) is 13.1. The number of rotatable bonds is 3. The van der Waals surface area contributed by atoms with Gasteiger partial charge in [0.25, 0.3) is 0 Å². The Labute approximate surface area is 169 Å². The van der Waals surface area contributed by atoms with E-state index in [9.17, 15) is 10.2 Å². The Bertz CT molecular complexity index is 865. The molecule has 0 radical (unpaired) electrons. The highest BCUT2D eigenvalue weighted by atomic mass is 16.3. The van der Waals surface area contributed by atoms with Crippen LogP contribution in [-0.2, 0) is 0 Å². The largest absolute Gasteiger partial charge is 0.507 e. The van der Waals surface area contributed by atoms with E-state index < -0.39 is 0 Å². The van der Waals surface area contributed by atoms with Crippen molar-refractivity contribution in [3.63, 3.8) is 0 Å². The quantitative estimate of drug-likeness (QED) is 0.583. The van der Waals surface area contributed by atoms with E-state index in [1.807, 2.05) is 26.0 Å². The van der Waals surface area contributed by atoms with Gasteiger partial charge < -0.3 is 10.2 Å². The van der Waals surface area contributed by atoms with Gasteiger partial charge in [-0.15, -0.1) is 0 Å². The zero-order chi connectivity index (χ0) is 20.7. The van der Waals surface area contributed by atoms with E-state index in [0.717, 1.165) is 39.8 Å². The number of allylic oxidation sites excluding steroid dienone is 2. The number of aromatic hydroxyl groups is 2. The minimum absolute atomic E-state index is 0.0495. The third-order valence-electron chi connectivity index (χ3n) is 6.46. The SMILES string of the molecule is CC1=CC(C)C(C(c2cc(C)cc(C)c2O)c2cc(C)cc(C)c2O)C(C)C1. The van der Waals surface area contributed by atoms with Crippen molar-refractivity contribution < 1.29 is 10.2 Å². The Hall–Kier alpha value is -2.22. The van der Waals surface area contributed by atoms with Gasteiger partial charge in [-0.05, 0) is 69.9 Å². The van der Waals surface area contributed by atoms with Crippen molar-refractivity contribution in [3.05, 3.63) is 69.3 Å². The van der Waals surface area contributed by atoms with Gasteiger partial charge in [-0.2, -0.15) is 0 Å². The second kappa shape index (κ2) is 7.66. The molecule has 2 nitrogen and oxygen atoms in total. The smallest absolute Gasteiger partial charge is 0.122 e. The number of phenolic OH excluding ortho intramolecular Hbond substituents is 2. The van der Waals surface area contributed by atoms with Crippen molar-refractivity contribution in [1.29, 1.82) is 0 Å². The summed E-state index contributed by atoms with van der Waals surface area (Å²) in [7, 11) is 0. The second-order valence-corrected chi connectivity index (χ2v) is 9.15. The molecule has 3 rings (SSSR count). The van der Waals surface area contributed by atoms with Gasteiger partial charge in [-0.3, -0.25) is 0 Å². The summed E-state index contributed by atoms with van der Waals surface area (Å²) in [4.78, 5) is 0. The fraction of sp³-hybridized carbons (Fsp3) is 0.462. The van der Waals surface area contributed by atoms with Gasteiger partial charge in [0.05, 0.1) is 0 Å². The van der Waals surface area contributed by atoms with Crippen molar-refractivity contribution in [2.45, 2.75) is 60.8 Å². The van der Waals surface area contributed by atoms with Gasteiger partial charge in [-0.25, -0.2) is 0 Å². The highest BCUT2D eigenvalue weighted by Gasteiger charge is 2.38. The predicted molar refractivity (Wildman–Crippen MR) is 117 cm³/mol. The Kier molecular flexibility index (Phi) is 5.61. The summed E-state index contributed by atoms with van der Waals surface area (Å²) < 4.78 is 0. The fourth-order valence-electron chi connectivity index (χ4n) is 5.46. The van der Waals surface area contributed by atoms with E-state index in [1.54, 1.807) is 0 Å². The standard InChI is InChI=1S/C26H34O2/c1-14-8-17(4)23(18(5)9-14)24(21-12-15(2)10-19(6)25(21)27)22-13-16(3)11-20(7)26(22)28/h8,10-13,17-18,23-24,27-28H,9H2,1-7H3. The van der Waals surface area contributed by atoms with Crippen molar-refractivity contribution in [2.75, 3.05) is 0 Å². The minimum atomic E-state index is -0.0495. The van der Waals surface area contributed by atoms with Crippen LogP contribution < -0.4 is 0 Å². The first-order valence-electron chi connectivity index (χ1n) is 10.4. The summed E-state index contributed by atoms with van der Waals surface area (Å²) in [5.74, 6) is 1.81. The molecule has 0 heterocycles. The molecule has 2 heteroatoms. The molecule has 0 saturated heterocycles. The molecule has 0 spiro atoms. The van der Waals surface area contributed by atoms with Crippen LogP contribution in [0.15, 0.2) is 35.9 Å². The molecule has 0 saturated carbocycles. The molecule has 0 bridgehead atoms. The lowest BCUT2D eigenvalue weighted by Crippen LogP contribution is -2.30. The van der Waals surface area contributed by atoms with Gasteiger partial charge in [0.1, 0.15) is 11.5 Å². The van der Waals surface area contributed by atoms with Crippen LogP contribution in [0.5, 0.6) is 11.5 Å². The maximum absolute atomic E-state index is 11.0. The van der Waals surface area contributed by atoms with Gasteiger partial charge in [0.2, 0.25) is 0 Å². The molecule has 3 unspecified atom stereocenters. The van der Waals surface area contributed by atoms with Gasteiger partial charge in [0.15, 0.2) is 0 Å². The Morgan fingerprint density at radius 2 is 1.25 bits per heavy atom. The highest BCUT2D eigenvalue weighted by Crippen LogP contribution is 2.50. The Morgan fingerprint density at radius 1 is 0.786 bits per heavy atom. The lowest BCUT2D eigenvalue weighted by Gasteiger charge is -2.40. The highest BCUT2D eigenvalue weighted by molar-refractivity contribution is 5.54. The number of aryl methyl sites for hydroxylation is 4. The van der Waals surface area contributed by atoms with Crippen LogP contribution in [-0.4, -0.2) is 10.2 Å². The summed E-state index contributed by atoms with van der Waals surface area (Å²) in [6, 6.07) is 8.26. The maximum atomic E-state index is 11.0. The first kappa shape index (κ1) is 20.5. The summed E-state index contributed by atoms with van der Waals surface area (Å²) in [6.45, 7) is 14.9. The predicted octanol–water partition coefficient (Wildman–Crippen LogP) is 6.70. The minimum Gasteiger partial charge on any atom is -0.507 e. The van der Waals surface area contributed by atoms with Crippen LogP contribution in [0.4, 0.5) is 0 Å². The van der Waals surface area contributed by atoms with Crippen molar-refractivity contribution in [3.8, 4) is 11.5 Å². The number of benzene rings is 2. The van der Waals surface area contributed by atoms with Crippen LogP contribution in [0.2, 0.25) is 0 Å². The lowest BCUT2D eigenvalue weighted by atomic mass is 9.64. The van der Waals surface area contributed by atoms with E-state index in [2.05, 4.69) is 52.8 Å². The molecule has 1 aliphatic carbocycles. The van der Waals surface area contributed by atoms with Crippen molar-refractivity contribution >= 4 is 0 Å². The van der Waals surface area contributed by atoms with E-state index in [4.69, 9.17) is 0 Å². The molecule has 28 heavy (non-hydrogen) atoms. The molecule has 2 aromatic carbocycles. The number of phenols is 2. The third-order valence-corrected chi connectivity index (χ3v) is 6.46. The average Bonchev–Trinajstić information content (AvgIpc) is 2.58. The third kappa shape index (κ3) is 3.70. The van der Waals surface area contributed by atoms with Crippen LogP contribution in [0.25, 0.3) is 0 Å².